The molecule has 0 aromatic rings. The first-order chi connectivity index (χ1) is 7.99. The fraction of sp³-hybridized carbons (Fsp3) is 0.600. The molecule has 0 aliphatic heterocycles. The Labute approximate surface area is 105 Å². The molecule has 0 aromatic heterocycles. The van der Waals surface area contributed by atoms with Crippen molar-refractivity contribution in [1.29, 1.82) is 0 Å². The van der Waals surface area contributed by atoms with Crippen molar-refractivity contribution in [2.24, 2.45) is 5.73 Å². The van der Waals surface area contributed by atoms with Gasteiger partial charge in [-0.25, -0.2) is 4.79 Å². The van der Waals surface area contributed by atoms with E-state index in [1.165, 1.54) is 0 Å². The highest BCUT2D eigenvalue weighted by Crippen LogP contribution is 2.00. The summed E-state index contributed by atoms with van der Waals surface area (Å²) in [6.07, 6.45) is 3.44. The predicted molar refractivity (Wildman–Crippen MR) is 69.3 cm³/mol. The van der Waals surface area contributed by atoms with Crippen molar-refractivity contribution in [2.75, 3.05) is 25.1 Å². The molecule has 0 spiro atoms. The Morgan fingerprint density at radius 1 is 1.53 bits per heavy atom. The van der Waals surface area contributed by atoms with E-state index in [0.29, 0.717) is 19.5 Å². The fourth-order valence-corrected chi connectivity index (χ4v) is 1.28. The van der Waals surface area contributed by atoms with E-state index in [1.54, 1.807) is 11.8 Å². The first kappa shape index (κ1) is 18.3. The van der Waals surface area contributed by atoms with Gasteiger partial charge < -0.3 is 21.3 Å². The topological polar surface area (TPSA) is 113 Å². The molecule has 1 atom stereocenters. The molecule has 0 unspecified atom stereocenters. The first-order valence-electron chi connectivity index (χ1n) is 5.00. The second-order valence-corrected chi connectivity index (χ2v) is 3.94. The summed E-state index contributed by atoms with van der Waals surface area (Å²) in [6, 6.07) is -0.444. The van der Waals surface area contributed by atoms with Crippen molar-refractivity contribution in [3.63, 3.8) is 0 Å². The number of nitrogens with one attached hydrogen (secondary N) is 1. The molecule has 17 heavy (non-hydrogen) atoms. The molecule has 0 rings (SSSR count). The van der Waals surface area contributed by atoms with Gasteiger partial charge in [0.25, 0.3) is 0 Å². The van der Waals surface area contributed by atoms with Crippen LogP contribution in [0.2, 0.25) is 0 Å². The van der Waals surface area contributed by atoms with E-state index in [1.807, 2.05) is 6.26 Å². The fourth-order valence-electron chi connectivity index (χ4n) is 0.806. The standard InChI is InChI=1S/C7H16N2O2S.C3H4O2/c1-12-5-2-6(7(10)11)9-4-3-8;1-2-3(4)5/h6,9H,2-5,8H2,1H3,(H,10,11);2H,1H2,(H,4,5)/t6-;/m0./s1. The van der Waals surface area contributed by atoms with Crippen LogP contribution in [0.25, 0.3) is 0 Å². The molecule has 0 aliphatic rings. The number of aliphatic carboxylic acids is 2. The first-order valence-corrected chi connectivity index (χ1v) is 6.39. The maximum Gasteiger partial charge on any atom is 0.327 e. The van der Waals surface area contributed by atoms with Gasteiger partial charge in [-0.2, -0.15) is 11.8 Å². The lowest BCUT2D eigenvalue weighted by Gasteiger charge is -2.12. The van der Waals surface area contributed by atoms with Gasteiger partial charge in [0.05, 0.1) is 0 Å². The maximum absolute atomic E-state index is 10.6. The lowest BCUT2D eigenvalue weighted by Crippen LogP contribution is -2.39. The Morgan fingerprint density at radius 2 is 2.06 bits per heavy atom. The zero-order valence-corrected chi connectivity index (χ0v) is 10.7. The van der Waals surface area contributed by atoms with Crippen LogP contribution in [0.4, 0.5) is 0 Å². The van der Waals surface area contributed by atoms with Gasteiger partial charge in [-0.1, -0.05) is 6.58 Å². The average Bonchev–Trinajstić information content (AvgIpc) is 2.29. The van der Waals surface area contributed by atoms with Gasteiger partial charge in [-0.05, 0) is 18.4 Å². The summed E-state index contributed by atoms with van der Waals surface area (Å²) in [4.78, 5) is 19.8. The Hall–Kier alpha value is -1.05. The number of hydrogen-bond acceptors (Lipinski definition) is 5. The lowest BCUT2D eigenvalue weighted by molar-refractivity contribution is -0.139. The van der Waals surface area contributed by atoms with E-state index in [9.17, 15) is 9.59 Å². The number of thioether (sulfide) groups is 1. The zero-order chi connectivity index (χ0) is 13.7. The molecule has 0 bridgehead atoms. The largest absolute Gasteiger partial charge is 0.480 e. The molecule has 6 nitrogen and oxygen atoms in total. The smallest absolute Gasteiger partial charge is 0.327 e. The van der Waals surface area contributed by atoms with Crippen LogP contribution in [0, 0.1) is 0 Å². The number of carbonyl (C=O) groups is 2. The Bertz CT molecular complexity index is 228. The summed E-state index contributed by atoms with van der Waals surface area (Å²) in [5.41, 5.74) is 5.24. The van der Waals surface area contributed by atoms with Crippen LogP contribution in [0.5, 0.6) is 0 Å². The monoisotopic (exact) mass is 264 g/mol. The molecule has 0 aromatic carbocycles. The summed E-state index contributed by atoms with van der Waals surface area (Å²) in [5.74, 6) is -0.920. The Kier molecular flexibility index (Phi) is 14.0. The molecule has 100 valence electrons. The summed E-state index contributed by atoms with van der Waals surface area (Å²) >= 11 is 1.65. The summed E-state index contributed by atoms with van der Waals surface area (Å²) in [5, 5.41) is 19.2. The van der Waals surface area contributed by atoms with E-state index >= 15 is 0 Å². The molecular formula is C10H20N2O4S. The van der Waals surface area contributed by atoms with Crippen LogP contribution < -0.4 is 11.1 Å². The number of hydrogen-bond donors (Lipinski definition) is 4. The normalized spacial score (nSPS) is 10.9. The average molecular weight is 264 g/mol. The molecule has 0 saturated carbocycles. The Balaban J connectivity index is 0. The minimum absolute atomic E-state index is 0.444. The SMILES string of the molecule is C=CC(=O)O.CSCC[C@H](NCCN)C(=O)O. The number of rotatable bonds is 8. The molecule has 0 fully saturated rings. The van der Waals surface area contributed by atoms with Crippen LogP contribution in [-0.4, -0.2) is 53.3 Å². The van der Waals surface area contributed by atoms with Crippen molar-refractivity contribution < 1.29 is 19.8 Å². The quantitative estimate of drug-likeness (QED) is 0.456. The number of nitrogens with two attached hydrogens (primary N) is 1. The van der Waals surface area contributed by atoms with Crippen molar-refractivity contribution >= 4 is 23.7 Å². The molecule has 0 amide bonds. The second-order valence-electron chi connectivity index (χ2n) is 2.96. The molecule has 0 radical (unpaired) electrons. The third-order valence-corrected chi connectivity index (χ3v) is 2.26. The molecule has 0 saturated heterocycles. The van der Waals surface area contributed by atoms with Gasteiger partial charge in [0.2, 0.25) is 0 Å². The predicted octanol–water partition coefficient (Wildman–Crippen LogP) is -0.00200. The highest BCUT2D eigenvalue weighted by atomic mass is 32.2. The maximum atomic E-state index is 10.6. The molecular weight excluding hydrogens is 244 g/mol. The van der Waals surface area contributed by atoms with Gasteiger partial charge in [0, 0.05) is 19.2 Å². The van der Waals surface area contributed by atoms with Crippen LogP contribution >= 0.6 is 11.8 Å². The minimum Gasteiger partial charge on any atom is -0.480 e. The van der Waals surface area contributed by atoms with Crippen molar-refractivity contribution in [3.05, 3.63) is 12.7 Å². The van der Waals surface area contributed by atoms with Gasteiger partial charge >= 0.3 is 11.9 Å². The van der Waals surface area contributed by atoms with Crippen molar-refractivity contribution in [2.45, 2.75) is 12.5 Å². The van der Waals surface area contributed by atoms with E-state index in [4.69, 9.17) is 15.9 Å². The summed E-state index contributed by atoms with van der Waals surface area (Å²) < 4.78 is 0. The summed E-state index contributed by atoms with van der Waals surface area (Å²) in [7, 11) is 0. The second kappa shape index (κ2) is 13.0. The minimum atomic E-state index is -0.981. The zero-order valence-electron chi connectivity index (χ0n) is 9.89. The lowest BCUT2D eigenvalue weighted by atomic mass is 10.2. The van der Waals surface area contributed by atoms with Crippen LogP contribution in [-0.2, 0) is 9.59 Å². The number of carboxylic acid groups (broad SMARTS) is 2. The van der Waals surface area contributed by atoms with Gasteiger partial charge in [0.1, 0.15) is 6.04 Å². The van der Waals surface area contributed by atoms with Crippen molar-refractivity contribution in [3.8, 4) is 0 Å². The van der Waals surface area contributed by atoms with Crippen molar-refractivity contribution in [1.82, 2.24) is 5.32 Å². The Morgan fingerprint density at radius 3 is 2.35 bits per heavy atom. The molecule has 7 heteroatoms. The van der Waals surface area contributed by atoms with E-state index in [0.717, 1.165) is 11.8 Å². The third-order valence-electron chi connectivity index (χ3n) is 1.62. The van der Waals surface area contributed by atoms with Crippen LogP contribution in [0.3, 0.4) is 0 Å². The van der Waals surface area contributed by atoms with Gasteiger partial charge in [0.15, 0.2) is 0 Å². The molecule has 0 heterocycles. The van der Waals surface area contributed by atoms with E-state index in [-0.39, 0.29) is 0 Å². The van der Waals surface area contributed by atoms with Crippen LogP contribution in [0.15, 0.2) is 12.7 Å². The van der Waals surface area contributed by atoms with Crippen LogP contribution in [0.1, 0.15) is 6.42 Å². The highest BCUT2D eigenvalue weighted by Gasteiger charge is 2.14. The third kappa shape index (κ3) is 14.9. The molecule has 0 aliphatic carbocycles. The summed E-state index contributed by atoms with van der Waals surface area (Å²) in [6.45, 7) is 4.00. The van der Waals surface area contributed by atoms with E-state index < -0.39 is 18.0 Å². The van der Waals surface area contributed by atoms with Gasteiger partial charge in [-0.3, -0.25) is 4.79 Å². The van der Waals surface area contributed by atoms with Gasteiger partial charge in [-0.15, -0.1) is 0 Å². The molecule has 5 N–H and O–H groups in total. The number of carboxylic acids is 2. The van der Waals surface area contributed by atoms with E-state index in [2.05, 4.69) is 11.9 Å². The highest BCUT2D eigenvalue weighted by molar-refractivity contribution is 7.98.